The molecule has 2 aromatic carbocycles. The molecule has 0 radical (unpaired) electrons. The summed E-state index contributed by atoms with van der Waals surface area (Å²) in [5.41, 5.74) is 2.63. The van der Waals surface area contributed by atoms with Crippen LogP contribution in [0.5, 0.6) is 5.75 Å². The Kier molecular flexibility index (Phi) is 6.09. The standard InChI is InChI=1S/C25H28FN3O2/c1-3-29-18(2)16-22(30)23(25(29)31)24(19-8-7-9-20(26)17-19)28-14-12-27(13-15-28)21-10-5-4-6-11-21/h4-11,16-17,24,30H,3,12-15H2,1-2H3/t24-/m1/s1. The largest absolute Gasteiger partial charge is 0.507 e. The van der Waals surface area contributed by atoms with Crippen LogP contribution in [0, 0.1) is 12.7 Å². The molecule has 1 aromatic heterocycles. The van der Waals surface area contributed by atoms with Crippen LogP contribution in [0.1, 0.15) is 29.8 Å². The number of hydrogen-bond donors (Lipinski definition) is 1. The molecule has 2 heterocycles. The van der Waals surface area contributed by atoms with Crippen LogP contribution in [0.15, 0.2) is 65.5 Å². The summed E-state index contributed by atoms with van der Waals surface area (Å²) in [5.74, 6) is -0.389. The molecule has 0 spiro atoms. The first-order valence-electron chi connectivity index (χ1n) is 10.7. The molecule has 6 heteroatoms. The van der Waals surface area contributed by atoms with Crippen molar-refractivity contribution in [3.05, 3.63) is 93.7 Å². The highest BCUT2D eigenvalue weighted by Crippen LogP contribution is 2.34. The van der Waals surface area contributed by atoms with E-state index >= 15 is 0 Å². The van der Waals surface area contributed by atoms with Crippen molar-refractivity contribution in [2.45, 2.75) is 26.4 Å². The second-order valence-electron chi connectivity index (χ2n) is 7.95. The summed E-state index contributed by atoms with van der Waals surface area (Å²) in [6, 6.07) is 17.7. The molecule has 1 saturated heterocycles. The van der Waals surface area contributed by atoms with Crippen LogP contribution in [-0.4, -0.2) is 40.8 Å². The van der Waals surface area contributed by atoms with Gasteiger partial charge >= 0.3 is 0 Å². The summed E-state index contributed by atoms with van der Waals surface area (Å²) in [5, 5.41) is 10.8. The molecule has 0 unspecified atom stereocenters. The summed E-state index contributed by atoms with van der Waals surface area (Å²) in [4.78, 5) is 17.8. The van der Waals surface area contributed by atoms with Crippen LogP contribution >= 0.6 is 0 Å². The van der Waals surface area contributed by atoms with Crippen LogP contribution < -0.4 is 10.5 Å². The van der Waals surface area contributed by atoms with E-state index in [1.165, 1.54) is 12.1 Å². The van der Waals surface area contributed by atoms with E-state index in [0.717, 1.165) is 18.8 Å². The van der Waals surface area contributed by atoms with Gasteiger partial charge in [-0.25, -0.2) is 4.39 Å². The third-order valence-corrected chi connectivity index (χ3v) is 6.08. The van der Waals surface area contributed by atoms with Crippen LogP contribution in [-0.2, 0) is 6.54 Å². The Hall–Kier alpha value is -3.12. The van der Waals surface area contributed by atoms with Crippen molar-refractivity contribution in [2.24, 2.45) is 0 Å². The first-order chi connectivity index (χ1) is 15.0. The Morgan fingerprint density at radius 2 is 1.71 bits per heavy atom. The summed E-state index contributed by atoms with van der Waals surface area (Å²) < 4.78 is 15.8. The maximum absolute atomic E-state index is 14.1. The minimum absolute atomic E-state index is 0.0352. The fourth-order valence-electron chi connectivity index (χ4n) is 4.53. The predicted octanol–water partition coefficient (Wildman–Crippen LogP) is 3.93. The number of halogens is 1. The number of anilines is 1. The number of benzene rings is 2. The molecule has 1 N–H and O–H groups in total. The van der Waals surface area contributed by atoms with Crippen LogP contribution in [0.4, 0.5) is 10.1 Å². The van der Waals surface area contributed by atoms with Crippen LogP contribution in [0.25, 0.3) is 0 Å². The third-order valence-electron chi connectivity index (χ3n) is 6.08. The van der Waals surface area contributed by atoms with Gasteiger partial charge in [-0.2, -0.15) is 0 Å². The second-order valence-corrected chi connectivity index (χ2v) is 7.95. The molecule has 162 valence electrons. The van der Waals surface area contributed by atoms with Crippen LogP contribution in [0.2, 0.25) is 0 Å². The van der Waals surface area contributed by atoms with Crippen molar-refractivity contribution in [3.63, 3.8) is 0 Å². The van der Waals surface area contributed by atoms with Gasteiger partial charge in [0, 0.05) is 44.1 Å². The molecule has 1 atom stereocenters. The van der Waals surface area contributed by atoms with Gasteiger partial charge in [0.1, 0.15) is 11.6 Å². The topological polar surface area (TPSA) is 48.7 Å². The zero-order valence-corrected chi connectivity index (χ0v) is 18.0. The number of hydrogen-bond acceptors (Lipinski definition) is 4. The number of aryl methyl sites for hydroxylation is 1. The normalized spacial score (nSPS) is 15.8. The number of rotatable bonds is 5. The van der Waals surface area contributed by atoms with E-state index in [4.69, 9.17) is 0 Å². The van der Waals surface area contributed by atoms with E-state index in [2.05, 4.69) is 21.9 Å². The first-order valence-corrected chi connectivity index (χ1v) is 10.7. The molecule has 0 saturated carbocycles. The SMILES string of the molecule is CCn1c(C)cc(O)c([C@@H](c2cccc(F)c2)N2CCN(c3ccccc3)CC2)c1=O. The number of aromatic nitrogens is 1. The van der Waals surface area contributed by atoms with Gasteiger partial charge in [0.15, 0.2) is 0 Å². The second kappa shape index (κ2) is 8.94. The Bertz CT molecular complexity index is 1110. The molecule has 31 heavy (non-hydrogen) atoms. The van der Waals surface area contributed by atoms with Gasteiger partial charge in [-0.3, -0.25) is 9.69 Å². The fraction of sp³-hybridized carbons (Fsp3) is 0.320. The number of nitrogens with zero attached hydrogens (tertiary/aromatic N) is 3. The third kappa shape index (κ3) is 4.21. The molecular weight excluding hydrogens is 393 g/mol. The molecule has 5 nitrogen and oxygen atoms in total. The molecule has 1 fully saturated rings. The molecule has 1 aliphatic rings. The van der Waals surface area contributed by atoms with Gasteiger partial charge in [-0.1, -0.05) is 30.3 Å². The highest BCUT2D eigenvalue weighted by atomic mass is 19.1. The van der Waals surface area contributed by atoms with Gasteiger partial charge in [0.2, 0.25) is 0 Å². The lowest BCUT2D eigenvalue weighted by Gasteiger charge is -2.40. The van der Waals surface area contributed by atoms with E-state index in [1.54, 1.807) is 16.7 Å². The molecule has 3 aromatic rings. The molecule has 0 bridgehead atoms. The fourth-order valence-corrected chi connectivity index (χ4v) is 4.53. The van der Waals surface area contributed by atoms with Crippen LogP contribution in [0.3, 0.4) is 0 Å². The van der Waals surface area contributed by atoms with E-state index in [1.807, 2.05) is 38.1 Å². The van der Waals surface area contributed by atoms with Gasteiger partial charge in [0.05, 0.1) is 11.6 Å². The van der Waals surface area contributed by atoms with Gasteiger partial charge in [-0.05, 0) is 49.7 Å². The van der Waals surface area contributed by atoms with E-state index in [0.29, 0.717) is 36.5 Å². The zero-order chi connectivity index (χ0) is 22.0. The van der Waals surface area contributed by atoms with Gasteiger partial charge < -0.3 is 14.6 Å². The minimum Gasteiger partial charge on any atom is -0.507 e. The van der Waals surface area contributed by atoms with Gasteiger partial charge in [0.25, 0.3) is 5.56 Å². The number of para-hydroxylation sites is 1. The molecule has 0 amide bonds. The Morgan fingerprint density at radius 3 is 2.35 bits per heavy atom. The minimum atomic E-state index is -0.514. The summed E-state index contributed by atoms with van der Waals surface area (Å²) >= 11 is 0. The lowest BCUT2D eigenvalue weighted by molar-refractivity contribution is 0.207. The average molecular weight is 422 g/mol. The summed E-state index contributed by atoms with van der Waals surface area (Å²) in [6.45, 7) is 7.17. The monoisotopic (exact) mass is 421 g/mol. The van der Waals surface area contributed by atoms with Crippen molar-refractivity contribution in [1.82, 2.24) is 9.47 Å². The Balaban J connectivity index is 1.73. The van der Waals surface area contributed by atoms with E-state index in [-0.39, 0.29) is 17.1 Å². The molecule has 1 aliphatic heterocycles. The number of aromatic hydroxyl groups is 1. The zero-order valence-electron chi connectivity index (χ0n) is 18.0. The molecular formula is C25H28FN3O2. The van der Waals surface area contributed by atoms with E-state index in [9.17, 15) is 14.3 Å². The number of pyridine rings is 1. The van der Waals surface area contributed by atoms with Crippen molar-refractivity contribution in [2.75, 3.05) is 31.1 Å². The van der Waals surface area contributed by atoms with Crippen molar-refractivity contribution in [3.8, 4) is 5.75 Å². The van der Waals surface area contributed by atoms with Crippen molar-refractivity contribution >= 4 is 5.69 Å². The lowest BCUT2D eigenvalue weighted by atomic mass is 9.95. The average Bonchev–Trinajstić information content (AvgIpc) is 2.77. The summed E-state index contributed by atoms with van der Waals surface area (Å²) in [7, 11) is 0. The maximum atomic E-state index is 14.1. The van der Waals surface area contributed by atoms with Crippen molar-refractivity contribution < 1.29 is 9.50 Å². The highest BCUT2D eigenvalue weighted by molar-refractivity contribution is 5.47. The Labute approximate surface area is 182 Å². The summed E-state index contributed by atoms with van der Waals surface area (Å²) in [6.07, 6.45) is 0. The highest BCUT2D eigenvalue weighted by Gasteiger charge is 2.31. The smallest absolute Gasteiger partial charge is 0.259 e. The predicted molar refractivity (Wildman–Crippen MR) is 121 cm³/mol. The van der Waals surface area contributed by atoms with Gasteiger partial charge in [-0.15, -0.1) is 0 Å². The quantitative estimate of drug-likeness (QED) is 0.678. The maximum Gasteiger partial charge on any atom is 0.259 e. The van der Waals surface area contributed by atoms with Crippen molar-refractivity contribution in [1.29, 1.82) is 0 Å². The molecule has 0 aliphatic carbocycles. The lowest BCUT2D eigenvalue weighted by Crippen LogP contribution is -2.49. The molecule has 4 rings (SSSR count). The van der Waals surface area contributed by atoms with E-state index < -0.39 is 6.04 Å². The number of piperazine rings is 1. The Morgan fingerprint density at radius 1 is 1.00 bits per heavy atom. The first kappa shape index (κ1) is 21.1.